The maximum Gasteiger partial charge on any atom is 0.254 e. The maximum absolute atomic E-state index is 13.0. The van der Waals surface area contributed by atoms with E-state index in [2.05, 4.69) is 38.5 Å². The fourth-order valence-corrected chi connectivity index (χ4v) is 4.61. The number of fused-ring (bicyclic) bond motifs is 3. The predicted octanol–water partition coefficient (Wildman–Crippen LogP) is 2.03. The SMILES string of the molecule is COCc1c(C(=O)NCCN2CCOCC2)cnn1-c1ncc2c(n1)-c1ccccc1CCC2. The van der Waals surface area contributed by atoms with Crippen LogP contribution in [0, 0.1) is 0 Å². The number of carbonyl (C=O) groups excluding carboxylic acids is 1. The summed E-state index contributed by atoms with van der Waals surface area (Å²) in [4.78, 5) is 24.8. The summed E-state index contributed by atoms with van der Waals surface area (Å²) in [5.74, 6) is 0.265. The monoisotopic (exact) mass is 462 g/mol. The van der Waals surface area contributed by atoms with Crippen LogP contribution in [0.4, 0.5) is 0 Å². The molecule has 1 N–H and O–H groups in total. The predicted molar refractivity (Wildman–Crippen MR) is 127 cm³/mol. The zero-order valence-corrected chi connectivity index (χ0v) is 19.5. The summed E-state index contributed by atoms with van der Waals surface area (Å²) in [6.45, 7) is 4.83. The Morgan fingerprint density at radius 1 is 1.15 bits per heavy atom. The normalized spacial score (nSPS) is 15.9. The lowest BCUT2D eigenvalue weighted by Crippen LogP contribution is -2.41. The van der Waals surface area contributed by atoms with Gasteiger partial charge in [0, 0.05) is 45.0 Å². The third kappa shape index (κ3) is 4.72. The number of hydrogen-bond donors (Lipinski definition) is 1. The molecule has 0 bridgehead atoms. The van der Waals surface area contributed by atoms with Crippen LogP contribution in [0.2, 0.25) is 0 Å². The molecule has 1 aliphatic heterocycles. The van der Waals surface area contributed by atoms with Crippen molar-refractivity contribution in [3.05, 3.63) is 59.0 Å². The van der Waals surface area contributed by atoms with Gasteiger partial charge in [-0.15, -0.1) is 0 Å². The van der Waals surface area contributed by atoms with Gasteiger partial charge in [0.25, 0.3) is 11.9 Å². The van der Waals surface area contributed by atoms with E-state index in [0.717, 1.165) is 68.9 Å². The Morgan fingerprint density at radius 3 is 2.82 bits per heavy atom. The number of rotatable bonds is 7. The van der Waals surface area contributed by atoms with E-state index < -0.39 is 0 Å². The number of methoxy groups -OCH3 is 1. The van der Waals surface area contributed by atoms with Crippen LogP contribution in [0.3, 0.4) is 0 Å². The molecule has 3 aromatic rings. The molecule has 9 heteroatoms. The molecular weight excluding hydrogens is 432 g/mol. The first-order valence-electron chi connectivity index (χ1n) is 11.8. The quantitative estimate of drug-likeness (QED) is 0.574. The molecule has 2 aliphatic rings. The third-order valence-electron chi connectivity index (χ3n) is 6.42. The van der Waals surface area contributed by atoms with Gasteiger partial charge in [0.2, 0.25) is 0 Å². The molecule has 1 aromatic carbocycles. The van der Waals surface area contributed by atoms with E-state index in [9.17, 15) is 4.79 Å². The number of ether oxygens (including phenoxy) is 2. The summed E-state index contributed by atoms with van der Waals surface area (Å²) in [7, 11) is 1.60. The molecule has 178 valence electrons. The van der Waals surface area contributed by atoms with Crippen LogP contribution in [0.1, 0.15) is 33.6 Å². The Bertz CT molecular complexity index is 1160. The minimum absolute atomic E-state index is 0.174. The number of aryl methyl sites for hydroxylation is 2. The molecule has 1 aliphatic carbocycles. The highest BCUT2D eigenvalue weighted by atomic mass is 16.5. The molecule has 0 saturated carbocycles. The highest BCUT2D eigenvalue weighted by molar-refractivity contribution is 5.95. The van der Waals surface area contributed by atoms with Gasteiger partial charge in [0.15, 0.2) is 0 Å². The molecule has 9 nitrogen and oxygen atoms in total. The first-order chi connectivity index (χ1) is 16.7. The Labute approximate surface area is 199 Å². The standard InChI is InChI=1S/C25H30N6O3/c1-33-17-22-21(24(32)26-9-10-30-11-13-34-14-12-30)16-28-31(22)25-27-15-19-7-4-6-18-5-2-3-8-20(18)23(19)29-25/h2-3,5,8,15-16H,4,6-7,9-14,17H2,1H3,(H,26,32). The number of morpholine rings is 1. The highest BCUT2D eigenvalue weighted by Gasteiger charge is 2.22. The number of nitrogens with one attached hydrogen (secondary N) is 1. The molecule has 0 spiro atoms. The Kier molecular flexibility index (Phi) is 6.94. The molecule has 3 heterocycles. The average molecular weight is 463 g/mol. The van der Waals surface area contributed by atoms with E-state index in [0.29, 0.717) is 23.8 Å². The molecule has 2 aromatic heterocycles. The average Bonchev–Trinajstić information content (AvgIpc) is 3.20. The Morgan fingerprint density at radius 2 is 1.97 bits per heavy atom. The molecule has 0 atom stereocenters. The smallest absolute Gasteiger partial charge is 0.254 e. The minimum Gasteiger partial charge on any atom is -0.379 e. The van der Waals surface area contributed by atoms with Gasteiger partial charge >= 0.3 is 0 Å². The highest BCUT2D eigenvalue weighted by Crippen LogP contribution is 2.31. The van der Waals surface area contributed by atoms with Gasteiger partial charge in [-0.25, -0.2) is 9.97 Å². The number of carbonyl (C=O) groups is 1. The van der Waals surface area contributed by atoms with E-state index in [1.54, 1.807) is 18.0 Å². The largest absolute Gasteiger partial charge is 0.379 e. The zero-order chi connectivity index (χ0) is 23.3. The van der Waals surface area contributed by atoms with Crippen molar-refractivity contribution in [1.82, 2.24) is 30.0 Å². The Hall–Kier alpha value is -3.14. The molecular formula is C25H30N6O3. The van der Waals surface area contributed by atoms with Gasteiger partial charge in [-0.2, -0.15) is 9.78 Å². The van der Waals surface area contributed by atoms with Crippen molar-refractivity contribution in [3.8, 4) is 17.2 Å². The summed E-state index contributed by atoms with van der Waals surface area (Å²) in [5, 5.41) is 7.49. The second-order valence-electron chi connectivity index (χ2n) is 8.61. The number of aromatic nitrogens is 4. The minimum atomic E-state index is -0.174. The number of hydrogen-bond acceptors (Lipinski definition) is 7. The van der Waals surface area contributed by atoms with Gasteiger partial charge in [-0.3, -0.25) is 9.69 Å². The molecule has 0 radical (unpaired) electrons. The van der Waals surface area contributed by atoms with Crippen LogP contribution in [-0.2, 0) is 28.9 Å². The van der Waals surface area contributed by atoms with E-state index in [1.165, 1.54) is 5.56 Å². The van der Waals surface area contributed by atoms with Gasteiger partial charge in [-0.1, -0.05) is 24.3 Å². The van der Waals surface area contributed by atoms with E-state index in [-0.39, 0.29) is 12.5 Å². The van der Waals surface area contributed by atoms with Crippen LogP contribution in [0.5, 0.6) is 0 Å². The molecule has 34 heavy (non-hydrogen) atoms. The summed E-state index contributed by atoms with van der Waals surface area (Å²) in [6, 6.07) is 8.39. The number of nitrogens with zero attached hydrogens (tertiary/aromatic N) is 5. The van der Waals surface area contributed by atoms with Gasteiger partial charge in [-0.05, 0) is 30.4 Å². The fraction of sp³-hybridized carbons (Fsp3) is 0.440. The summed E-state index contributed by atoms with van der Waals surface area (Å²) < 4.78 is 12.4. The van der Waals surface area contributed by atoms with E-state index in [1.807, 2.05) is 12.3 Å². The summed E-state index contributed by atoms with van der Waals surface area (Å²) in [6.07, 6.45) is 6.48. The van der Waals surface area contributed by atoms with Crippen LogP contribution in [-0.4, -0.2) is 77.1 Å². The number of benzene rings is 1. The summed E-state index contributed by atoms with van der Waals surface area (Å²) in [5.41, 5.74) is 5.61. The first-order valence-corrected chi connectivity index (χ1v) is 11.8. The maximum atomic E-state index is 13.0. The van der Waals surface area contributed by atoms with Crippen LogP contribution < -0.4 is 5.32 Å². The van der Waals surface area contributed by atoms with Crippen LogP contribution in [0.25, 0.3) is 17.2 Å². The van der Waals surface area contributed by atoms with Crippen LogP contribution >= 0.6 is 0 Å². The van der Waals surface area contributed by atoms with Crippen LogP contribution in [0.15, 0.2) is 36.7 Å². The second kappa shape index (κ2) is 10.4. The topological polar surface area (TPSA) is 94.4 Å². The third-order valence-corrected chi connectivity index (χ3v) is 6.42. The first kappa shape index (κ1) is 22.6. The van der Waals surface area contributed by atoms with Gasteiger partial charge in [0.05, 0.1) is 43.0 Å². The van der Waals surface area contributed by atoms with E-state index in [4.69, 9.17) is 14.5 Å². The van der Waals surface area contributed by atoms with Crippen molar-refractivity contribution < 1.29 is 14.3 Å². The second-order valence-corrected chi connectivity index (χ2v) is 8.61. The van der Waals surface area contributed by atoms with Crippen molar-refractivity contribution in [2.45, 2.75) is 25.9 Å². The lowest BCUT2D eigenvalue weighted by atomic mass is 10.0. The van der Waals surface area contributed by atoms with Crippen molar-refractivity contribution in [2.24, 2.45) is 0 Å². The van der Waals surface area contributed by atoms with Crippen molar-refractivity contribution in [3.63, 3.8) is 0 Å². The molecule has 1 amide bonds. The molecule has 5 rings (SSSR count). The lowest BCUT2D eigenvalue weighted by molar-refractivity contribution is 0.0383. The van der Waals surface area contributed by atoms with Crippen molar-refractivity contribution in [1.29, 1.82) is 0 Å². The van der Waals surface area contributed by atoms with Gasteiger partial charge in [0.1, 0.15) is 0 Å². The van der Waals surface area contributed by atoms with E-state index >= 15 is 0 Å². The molecule has 1 saturated heterocycles. The molecule has 1 fully saturated rings. The molecule has 0 unspecified atom stereocenters. The summed E-state index contributed by atoms with van der Waals surface area (Å²) >= 11 is 0. The lowest BCUT2D eigenvalue weighted by Gasteiger charge is -2.26. The Balaban J connectivity index is 1.40. The number of amides is 1. The zero-order valence-electron chi connectivity index (χ0n) is 19.5. The van der Waals surface area contributed by atoms with Crippen molar-refractivity contribution >= 4 is 5.91 Å². The fourth-order valence-electron chi connectivity index (χ4n) is 4.61. The van der Waals surface area contributed by atoms with Gasteiger partial charge < -0.3 is 14.8 Å². The van der Waals surface area contributed by atoms with Crippen molar-refractivity contribution in [2.75, 3.05) is 46.5 Å².